The number of carbonyl (C=O) groups is 2. The summed E-state index contributed by atoms with van der Waals surface area (Å²) in [5.41, 5.74) is 3.67. The highest BCUT2D eigenvalue weighted by Gasteiger charge is 2.27. The second-order valence-corrected chi connectivity index (χ2v) is 17.9. The highest BCUT2D eigenvalue weighted by Crippen LogP contribution is 2.36. The summed E-state index contributed by atoms with van der Waals surface area (Å²) in [6, 6.07) is 29.9. The number of aliphatic hydroxyl groups excluding tert-OH is 1. The molecule has 2 saturated heterocycles. The van der Waals surface area contributed by atoms with Crippen LogP contribution in [0.4, 0.5) is 9.59 Å². The second kappa shape index (κ2) is 22.1. The average molecular weight is 880 g/mol. The van der Waals surface area contributed by atoms with Crippen molar-refractivity contribution < 1.29 is 38.4 Å². The molecule has 2 aliphatic rings. The van der Waals surface area contributed by atoms with E-state index in [-0.39, 0.29) is 18.8 Å². The van der Waals surface area contributed by atoms with Crippen molar-refractivity contribution in [2.75, 3.05) is 78.7 Å². The molecule has 64 heavy (non-hydrogen) atoms. The Morgan fingerprint density at radius 1 is 0.641 bits per heavy atom. The smallest absolute Gasteiger partial charge is 0.410 e. The minimum atomic E-state index is -0.491. The van der Waals surface area contributed by atoms with Gasteiger partial charge in [0.1, 0.15) is 42.5 Å². The summed E-state index contributed by atoms with van der Waals surface area (Å²) in [4.78, 5) is 36.8. The standard InChI is InChI=1S/C38H43N5O5.C11H22N2O3/c1-38(2,3)48-37(44)43-21-19-42(20-22-43)23-24-45-30-15-16-31-33(25-30)41(4)40-35(31)32-17-18-34(46-26-28-11-7-5-8-12-28)39-36(32)47-27-29-13-9-6-10-14-29;1-11(2,3)16-10(15)13-6-4-12(5-7-13)8-9-14/h5-18,25H,19-24,26-27H2,1-4H3;14H,4-9H2,1-3H3. The van der Waals surface area contributed by atoms with Crippen LogP contribution in [-0.4, -0.2) is 142 Å². The number of piperazine rings is 2. The van der Waals surface area contributed by atoms with Gasteiger partial charge in [0, 0.05) is 90.0 Å². The predicted molar refractivity (Wildman–Crippen MR) is 247 cm³/mol. The van der Waals surface area contributed by atoms with E-state index in [1.807, 2.05) is 144 Å². The number of hydrogen-bond acceptors (Lipinski definition) is 12. The molecule has 0 bridgehead atoms. The Labute approximate surface area is 377 Å². The van der Waals surface area contributed by atoms with E-state index >= 15 is 0 Å². The lowest BCUT2D eigenvalue weighted by Crippen LogP contribution is -2.50. The van der Waals surface area contributed by atoms with E-state index in [1.165, 1.54) is 0 Å². The number of aliphatic hydroxyl groups is 1. The number of rotatable bonds is 13. The molecule has 15 nitrogen and oxygen atoms in total. The Bertz CT molecular complexity index is 2240. The molecule has 5 aromatic rings. The van der Waals surface area contributed by atoms with Crippen LogP contribution in [0.5, 0.6) is 17.5 Å². The lowest BCUT2D eigenvalue weighted by atomic mass is 10.1. The van der Waals surface area contributed by atoms with Crippen molar-refractivity contribution in [3.63, 3.8) is 0 Å². The SMILES string of the molecule is CC(C)(C)OC(=O)N1CCN(CCO)CC1.Cn1nc(-c2ccc(OCc3ccccc3)nc2OCc2ccccc2)c2ccc(OCCN3CCN(C(=O)OC(C)(C)C)CC3)cc21. The second-order valence-electron chi connectivity index (χ2n) is 17.9. The van der Waals surface area contributed by atoms with Crippen LogP contribution < -0.4 is 14.2 Å². The van der Waals surface area contributed by atoms with Gasteiger partial charge in [-0.3, -0.25) is 14.5 Å². The zero-order valence-electron chi connectivity index (χ0n) is 38.5. The summed E-state index contributed by atoms with van der Waals surface area (Å²) in [6.45, 7) is 20.0. The number of nitrogens with zero attached hydrogens (tertiary/aromatic N) is 7. The van der Waals surface area contributed by atoms with Crippen molar-refractivity contribution in [3.05, 3.63) is 102 Å². The average Bonchev–Trinajstić information content (AvgIpc) is 3.60. The Morgan fingerprint density at radius 2 is 1.17 bits per heavy atom. The first-order chi connectivity index (χ1) is 30.6. The number of aryl methyl sites for hydroxylation is 1. The Balaban J connectivity index is 0.000000359. The molecule has 2 fully saturated rings. The Kier molecular flexibility index (Phi) is 16.5. The molecule has 7 rings (SSSR count). The first-order valence-electron chi connectivity index (χ1n) is 22.1. The quantitative estimate of drug-likeness (QED) is 0.127. The molecule has 0 unspecified atom stereocenters. The number of fused-ring (bicyclic) bond motifs is 1. The molecule has 0 radical (unpaired) electrons. The lowest BCUT2D eigenvalue weighted by molar-refractivity contribution is 0.0125. The Morgan fingerprint density at radius 3 is 1.70 bits per heavy atom. The topological polar surface area (TPSA) is 144 Å². The van der Waals surface area contributed by atoms with Gasteiger partial charge in [0.2, 0.25) is 11.8 Å². The minimum absolute atomic E-state index is 0.173. The van der Waals surface area contributed by atoms with Crippen molar-refractivity contribution >= 4 is 23.1 Å². The van der Waals surface area contributed by atoms with Crippen LogP contribution in [-0.2, 0) is 29.7 Å². The molecule has 15 heteroatoms. The first-order valence-corrected chi connectivity index (χ1v) is 22.1. The zero-order chi connectivity index (χ0) is 45.7. The van der Waals surface area contributed by atoms with Gasteiger partial charge < -0.3 is 38.6 Å². The van der Waals surface area contributed by atoms with E-state index < -0.39 is 11.2 Å². The number of amides is 2. The largest absolute Gasteiger partial charge is 0.492 e. The highest BCUT2D eigenvalue weighted by atomic mass is 16.6. The van der Waals surface area contributed by atoms with E-state index in [0.29, 0.717) is 64.3 Å². The number of ether oxygens (including phenoxy) is 5. The van der Waals surface area contributed by atoms with Crippen molar-refractivity contribution in [2.24, 2.45) is 7.05 Å². The maximum absolute atomic E-state index is 12.4. The lowest BCUT2D eigenvalue weighted by Gasteiger charge is -2.35. The van der Waals surface area contributed by atoms with Gasteiger partial charge in [-0.05, 0) is 70.9 Å². The maximum atomic E-state index is 12.4. The molecule has 2 amide bonds. The fraction of sp³-hybridized carbons (Fsp3) is 0.469. The zero-order valence-corrected chi connectivity index (χ0v) is 38.5. The summed E-state index contributed by atoms with van der Waals surface area (Å²) in [5, 5.41) is 14.7. The predicted octanol–water partition coefficient (Wildman–Crippen LogP) is 7.26. The van der Waals surface area contributed by atoms with Crippen LogP contribution in [0.15, 0.2) is 91.0 Å². The van der Waals surface area contributed by atoms with E-state index in [0.717, 1.165) is 71.8 Å². The van der Waals surface area contributed by atoms with Crippen LogP contribution in [0, 0.1) is 0 Å². The number of pyridine rings is 1. The Hall–Kier alpha value is -5.90. The highest BCUT2D eigenvalue weighted by molar-refractivity contribution is 5.95. The fourth-order valence-electron chi connectivity index (χ4n) is 7.17. The summed E-state index contributed by atoms with van der Waals surface area (Å²) in [7, 11) is 1.93. The molecule has 2 aromatic heterocycles. The number of hydrogen-bond donors (Lipinski definition) is 1. The molecule has 0 spiro atoms. The van der Waals surface area contributed by atoms with Gasteiger partial charge in [-0.2, -0.15) is 10.1 Å². The van der Waals surface area contributed by atoms with Crippen molar-refractivity contribution in [2.45, 2.75) is 66.0 Å². The van der Waals surface area contributed by atoms with Crippen molar-refractivity contribution in [1.82, 2.24) is 34.4 Å². The first kappa shape index (κ1) is 47.6. The van der Waals surface area contributed by atoms with Gasteiger partial charge in [-0.15, -0.1) is 0 Å². The molecular weight excluding hydrogens is 815 g/mol. The van der Waals surface area contributed by atoms with E-state index in [4.69, 9.17) is 38.9 Å². The van der Waals surface area contributed by atoms with Crippen LogP contribution in [0.1, 0.15) is 52.7 Å². The van der Waals surface area contributed by atoms with Crippen LogP contribution >= 0.6 is 0 Å². The van der Waals surface area contributed by atoms with Gasteiger partial charge in [0.05, 0.1) is 17.7 Å². The monoisotopic (exact) mass is 879 g/mol. The number of aromatic nitrogens is 3. The normalized spacial score (nSPS) is 15.0. The van der Waals surface area contributed by atoms with Gasteiger partial charge in [-0.25, -0.2) is 9.59 Å². The van der Waals surface area contributed by atoms with Gasteiger partial charge in [0.25, 0.3) is 0 Å². The van der Waals surface area contributed by atoms with E-state index in [2.05, 4.69) is 9.80 Å². The molecule has 0 saturated carbocycles. The summed E-state index contributed by atoms with van der Waals surface area (Å²) < 4.78 is 31.2. The summed E-state index contributed by atoms with van der Waals surface area (Å²) in [5.74, 6) is 1.71. The maximum Gasteiger partial charge on any atom is 0.410 e. The third-order valence-corrected chi connectivity index (χ3v) is 10.5. The molecule has 344 valence electrons. The molecule has 1 N–H and O–H groups in total. The number of benzene rings is 3. The number of carbonyl (C=O) groups excluding carboxylic acids is 2. The van der Waals surface area contributed by atoms with E-state index in [9.17, 15) is 9.59 Å². The van der Waals surface area contributed by atoms with Crippen LogP contribution in [0.3, 0.4) is 0 Å². The van der Waals surface area contributed by atoms with Gasteiger partial charge >= 0.3 is 12.2 Å². The van der Waals surface area contributed by atoms with E-state index in [1.54, 1.807) is 9.80 Å². The number of β-amino-alcohol motifs (C(OH)–C–C–N with tert-alkyl or cyclic N) is 1. The van der Waals surface area contributed by atoms with Gasteiger partial charge in [0.15, 0.2) is 0 Å². The molecule has 2 aliphatic heterocycles. The van der Waals surface area contributed by atoms with Crippen LogP contribution in [0.2, 0.25) is 0 Å². The molecule has 0 atom stereocenters. The van der Waals surface area contributed by atoms with Crippen molar-refractivity contribution in [1.29, 1.82) is 0 Å². The minimum Gasteiger partial charge on any atom is -0.492 e. The summed E-state index contributed by atoms with van der Waals surface area (Å²) in [6.07, 6.45) is -0.489. The summed E-state index contributed by atoms with van der Waals surface area (Å²) >= 11 is 0. The molecule has 3 aromatic carbocycles. The fourth-order valence-corrected chi connectivity index (χ4v) is 7.17. The molecule has 4 heterocycles. The van der Waals surface area contributed by atoms with Crippen LogP contribution in [0.25, 0.3) is 22.2 Å². The molecular formula is C49H65N7O8. The third kappa shape index (κ3) is 14.3. The van der Waals surface area contributed by atoms with Gasteiger partial charge in [-0.1, -0.05) is 60.7 Å². The molecule has 0 aliphatic carbocycles. The van der Waals surface area contributed by atoms with Crippen molar-refractivity contribution in [3.8, 4) is 28.8 Å². The third-order valence-electron chi connectivity index (χ3n) is 10.5.